The summed E-state index contributed by atoms with van der Waals surface area (Å²) in [6.07, 6.45) is -0.191. The lowest BCUT2D eigenvalue weighted by Crippen LogP contribution is -2.43. The van der Waals surface area contributed by atoms with Crippen molar-refractivity contribution in [1.29, 1.82) is 0 Å². The van der Waals surface area contributed by atoms with Crippen molar-refractivity contribution in [3.63, 3.8) is 0 Å². The molecule has 180 valence electrons. The van der Waals surface area contributed by atoms with Gasteiger partial charge in [0.05, 0.1) is 37.4 Å². The summed E-state index contributed by atoms with van der Waals surface area (Å²) in [5.41, 5.74) is 2.83. The largest absolute Gasteiger partial charge is 0.496 e. The minimum atomic E-state index is -0.866. The number of benzene rings is 2. The number of rotatable bonds is 8. The van der Waals surface area contributed by atoms with E-state index in [9.17, 15) is 19.2 Å². The van der Waals surface area contributed by atoms with E-state index in [1.54, 1.807) is 24.3 Å². The van der Waals surface area contributed by atoms with Crippen molar-refractivity contribution in [1.82, 2.24) is 10.4 Å². The van der Waals surface area contributed by atoms with Crippen molar-refractivity contribution >= 4 is 52.6 Å². The SMILES string of the molecule is COc1cccc(OC)c1C(=O)NN1C[C@@H](C(=O)OCC(=O)Nc2cc(Cl)ccc2Cl)CC1=O. The van der Waals surface area contributed by atoms with Gasteiger partial charge in [-0.25, -0.2) is 0 Å². The van der Waals surface area contributed by atoms with Crippen molar-refractivity contribution < 1.29 is 33.4 Å². The molecule has 1 saturated heterocycles. The molecular formula is C22H21Cl2N3O7. The zero-order valence-corrected chi connectivity index (χ0v) is 19.7. The zero-order chi connectivity index (χ0) is 24.8. The van der Waals surface area contributed by atoms with Gasteiger partial charge in [0.1, 0.15) is 17.1 Å². The molecule has 0 aliphatic carbocycles. The number of carbonyl (C=O) groups excluding carboxylic acids is 4. The fourth-order valence-corrected chi connectivity index (χ4v) is 3.60. The molecule has 0 bridgehead atoms. The van der Waals surface area contributed by atoms with E-state index in [1.165, 1.54) is 26.4 Å². The highest BCUT2D eigenvalue weighted by Crippen LogP contribution is 2.29. The van der Waals surface area contributed by atoms with Crippen LogP contribution in [0.15, 0.2) is 36.4 Å². The van der Waals surface area contributed by atoms with Gasteiger partial charge in [-0.05, 0) is 30.3 Å². The smallest absolute Gasteiger partial charge is 0.311 e. The molecule has 1 fully saturated rings. The summed E-state index contributed by atoms with van der Waals surface area (Å²) in [4.78, 5) is 49.6. The second-order valence-electron chi connectivity index (χ2n) is 7.16. The number of amides is 3. The van der Waals surface area contributed by atoms with Crippen molar-refractivity contribution in [3.05, 3.63) is 52.0 Å². The molecule has 1 atom stereocenters. The Kier molecular flexibility index (Phi) is 8.19. The highest BCUT2D eigenvalue weighted by Gasteiger charge is 2.37. The minimum Gasteiger partial charge on any atom is -0.496 e. The molecule has 0 saturated carbocycles. The van der Waals surface area contributed by atoms with Crippen molar-refractivity contribution in [2.45, 2.75) is 6.42 Å². The molecule has 0 unspecified atom stereocenters. The maximum Gasteiger partial charge on any atom is 0.311 e. The predicted octanol–water partition coefficient (Wildman–Crippen LogP) is 2.69. The topological polar surface area (TPSA) is 123 Å². The quantitative estimate of drug-likeness (QED) is 0.524. The van der Waals surface area contributed by atoms with E-state index in [4.69, 9.17) is 37.4 Å². The van der Waals surface area contributed by atoms with E-state index in [0.29, 0.717) is 5.02 Å². The van der Waals surface area contributed by atoms with Gasteiger partial charge in [0.25, 0.3) is 11.8 Å². The number of ether oxygens (including phenoxy) is 3. The molecule has 12 heteroatoms. The Morgan fingerprint density at radius 3 is 2.41 bits per heavy atom. The van der Waals surface area contributed by atoms with E-state index in [1.807, 2.05) is 0 Å². The van der Waals surface area contributed by atoms with E-state index in [-0.39, 0.29) is 40.7 Å². The van der Waals surface area contributed by atoms with E-state index < -0.39 is 36.2 Å². The Morgan fingerprint density at radius 1 is 1.09 bits per heavy atom. The lowest BCUT2D eigenvalue weighted by Gasteiger charge is -2.19. The van der Waals surface area contributed by atoms with Crippen LogP contribution in [0.4, 0.5) is 5.69 Å². The highest BCUT2D eigenvalue weighted by molar-refractivity contribution is 6.35. The fourth-order valence-electron chi connectivity index (χ4n) is 3.26. The van der Waals surface area contributed by atoms with Gasteiger partial charge < -0.3 is 19.5 Å². The first-order valence-electron chi connectivity index (χ1n) is 9.97. The van der Waals surface area contributed by atoms with Crippen LogP contribution in [0, 0.1) is 5.92 Å². The van der Waals surface area contributed by atoms with Crippen LogP contribution in [0.1, 0.15) is 16.8 Å². The number of hydrogen-bond donors (Lipinski definition) is 2. The molecule has 1 heterocycles. The highest BCUT2D eigenvalue weighted by atomic mass is 35.5. The summed E-state index contributed by atoms with van der Waals surface area (Å²) >= 11 is 11.9. The summed E-state index contributed by atoms with van der Waals surface area (Å²) in [6.45, 7) is -0.709. The number of nitrogens with one attached hydrogen (secondary N) is 2. The molecule has 34 heavy (non-hydrogen) atoms. The first kappa shape index (κ1) is 25.1. The number of nitrogens with zero attached hydrogens (tertiary/aromatic N) is 1. The number of anilines is 1. The van der Waals surface area contributed by atoms with Crippen molar-refractivity contribution in [2.75, 3.05) is 32.7 Å². The summed E-state index contributed by atoms with van der Waals surface area (Å²) in [5, 5.41) is 4.15. The first-order valence-corrected chi connectivity index (χ1v) is 10.7. The van der Waals surface area contributed by atoms with Crippen LogP contribution in [-0.2, 0) is 19.1 Å². The van der Waals surface area contributed by atoms with Gasteiger partial charge in [0, 0.05) is 11.4 Å². The molecule has 0 spiro atoms. The van der Waals surface area contributed by atoms with Crippen LogP contribution in [0.5, 0.6) is 11.5 Å². The molecule has 3 rings (SSSR count). The summed E-state index contributed by atoms with van der Waals surface area (Å²) in [5.74, 6) is -2.87. The average molecular weight is 510 g/mol. The van der Waals surface area contributed by atoms with Gasteiger partial charge in [-0.3, -0.25) is 29.6 Å². The molecule has 2 aromatic rings. The number of hydrogen-bond acceptors (Lipinski definition) is 7. The van der Waals surface area contributed by atoms with Gasteiger partial charge in [-0.2, -0.15) is 0 Å². The van der Waals surface area contributed by atoms with Crippen LogP contribution >= 0.6 is 23.2 Å². The predicted molar refractivity (Wildman–Crippen MR) is 123 cm³/mol. The van der Waals surface area contributed by atoms with Crippen molar-refractivity contribution in [2.24, 2.45) is 5.92 Å². The Labute approximate surface area is 205 Å². The van der Waals surface area contributed by atoms with E-state index in [2.05, 4.69) is 10.7 Å². The Morgan fingerprint density at radius 2 is 1.76 bits per heavy atom. The molecule has 3 amide bonds. The Balaban J connectivity index is 1.56. The molecular weight excluding hydrogens is 489 g/mol. The fraction of sp³-hybridized carbons (Fsp3) is 0.273. The number of hydrazine groups is 1. The van der Waals surface area contributed by atoms with Gasteiger partial charge in [-0.15, -0.1) is 0 Å². The molecule has 1 aliphatic rings. The second-order valence-corrected chi connectivity index (χ2v) is 8.01. The molecule has 2 N–H and O–H groups in total. The van der Waals surface area contributed by atoms with Crippen LogP contribution < -0.4 is 20.2 Å². The van der Waals surface area contributed by atoms with Crippen LogP contribution in [0.3, 0.4) is 0 Å². The summed E-state index contributed by atoms with van der Waals surface area (Å²) < 4.78 is 15.4. The standard InChI is InChI=1S/C22H21Cl2N3O7/c1-32-16-4-3-5-17(33-2)20(16)21(30)26-27-10-12(8-19(27)29)22(31)34-11-18(28)25-15-9-13(23)6-7-14(15)24/h3-7,9,12H,8,10-11H2,1-2H3,(H,25,28)(H,26,30)/t12-/m0/s1. The van der Waals surface area contributed by atoms with Gasteiger partial charge >= 0.3 is 5.97 Å². The molecule has 2 aromatic carbocycles. The maximum atomic E-state index is 12.8. The summed E-state index contributed by atoms with van der Waals surface area (Å²) in [6, 6.07) is 9.33. The molecule has 0 radical (unpaired) electrons. The second kappa shape index (κ2) is 11.1. The lowest BCUT2D eigenvalue weighted by molar-refractivity contribution is -0.151. The van der Waals surface area contributed by atoms with Gasteiger partial charge in [0.2, 0.25) is 5.91 Å². The normalized spacial score (nSPS) is 15.0. The number of carbonyl (C=O) groups is 4. The molecule has 1 aliphatic heterocycles. The third-order valence-corrected chi connectivity index (χ3v) is 5.46. The third kappa shape index (κ3) is 5.89. The van der Waals surface area contributed by atoms with Crippen molar-refractivity contribution in [3.8, 4) is 11.5 Å². The zero-order valence-electron chi connectivity index (χ0n) is 18.2. The number of methoxy groups -OCH3 is 2. The van der Waals surface area contributed by atoms with Gasteiger partial charge in [0.15, 0.2) is 6.61 Å². The minimum absolute atomic E-state index is 0.0997. The summed E-state index contributed by atoms with van der Waals surface area (Å²) in [7, 11) is 2.80. The average Bonchev–Trinajstić information content (AvgIpc) is 3.19. The Hall–Kier alpha value is -3.50. The monoisotopic (exact) mass is 509 g/mol. The lowest BCUT2D eigenvalue weighted by atomic mass is 10.1. The Bertz CT molecular complexity index is 1100. The van der Waals surface area contributed by atoms with E-state index >= 15 is 0 Å². The maximum absolute atomic E-state index is 12.8. The first-order chi connectivity index (χ1) is 16.2. The number of esters is 1. The van der Waals surface area contributed by atoms with Crippen LogP contribution in [-0.4, -0.2) is 56.1 Å². The van der Waals surface area contributed by atoms with E-state index in [0.717, 1.165) is 5.01 Å². The van der Waals surface area contributed by atoms with Crippen LogP contribution in [0.2, 0.25) is 10.0 Å². The number of halogens is 2. The molecule has 10 nitrogen and oxygen atoms in total. The van der Waals surface area contributed by atoms with Crippen LogP contribution in [0.25, 0.3) is 0 Å². The van der Waals surface area contributed by atoms with Gasteiger partial charge in [-0.1, -0.05) is 29.3 Å². The molecule has 0 aromatic heterocycles. The third-order valence-electron chi connectivity index (χ3n) is 4.90.